The number of hydrogen-bond acceptors (Lipinski definition) is 6. The average Bonchev–Trinajstić information content (AvgIpc) is 3.02. The molecule has 1 fully saturated rings. The van der Waals surface area contributed by atoms with Crippen LogP contribution in [0.25, 0.3) is 17.4 Å². The van der Waals surface area contributed by atoms with Crippen molar-refractivity contribution in [3.8, 4) is 0 Å². The molecule has 1 aliphatic carbocycles. The molecule has 4 N–H and O–H groups in total. The van der Waals surface area contributed by atoms with Crippen LogP contribution in [-0.2, 0) is 0 Å². The molecule has 0 saturated heterocycles. The molecule has 2 heterocycles. The first kappa shape index (κ1) is 12.3. The number of anilines is 1. The van der Waals surface area contributed by atoms with E-state index in [0.717, 1.165) is 12.0 Å². The van der Waals surface area contributed by atoms with Gasteiger partial charge in [0.2, 0.25) is 5.95 Å². The molecule has 0 unspecified atom stereocenters. The van der Waals surface area contributed by atoms with E-state index in [1.54, 1.807) is 10.9 Å². The molecule has 19 heavy (non-hydrogen) atoms. The monoisotopic (exact) mass is 281 g/mol. The van der Waals surface area contributed by atoms with Gasteiger partial charge < -0.3 is 15.9 Å². The van der Waals surface area contributed by atoms with Gasteiger partial charge in [-0.15, -0.1) is 0 Å². The highest BCUT2D eigenvalue weighted by atomic mass is 35.5. The Hall–Kier alpha value is -1.70. The smallest absolute Gasteiger partial charge is 0.223 e. The Labute approximate surface area is 113 Å². The van der Waals surface area contributed by atoms with E-state index in [1.807, 2.05) is 6.20 Å². The van der Waals surface area contributed by atoms with Crippen LogP contribution in [0.1, 0.15) is 6.42 Å². The minimum Gasteiger partial charge on any atom is -0.394 e. The summed E-state index contributed by atoms with van der Waals surface area (Å²) < 4.78 is 1.69. The van der Waals surface area contributed by atoms with Crippen molar-refractivity contribution < 1.29 is 10.2 Å². The number of rotatable bonds is 3. The second-order valence-corrected chi connectivity index (χ2v) is 4.82. The molecule has 3 rings (SSSR count). The second-order valence-electron chi connectivity index (χ2n) is 4.46. The number of fused-ring (bicyclic) bond motifs is 1. The third-order valence-corrected chi connectivity index (χ3v) is 3.39. The van der Waals surface area contributed by atoms with E-state index in [-0.39, 0.29) is 23.6 Å². The van der Waals surface area contributed by atoms with Gasteiger partial charge in [0.05, 0.1) is 12.7 Å². The Balaban J connectivity index is 1.97. The molecule has 0 bridgehead atoms. The fourth-order valence-corrected chi connectivity index (χ4v) is 2.24. The van der Waals surface area contributed by atoms with Crippen molar-refractivity contribution in [1.29, 1.82) is 0 Å². The molecule has 2 aromatic heterocycles. The predicted octanol–water partition coefficient (Wildman–Crippen LogP) is 0.276. The summed E-state index contributed by atoms with van der Waals surface area (Å²) in [7, 11) is 0. The van der Waals surface area contributed by atoms with Crippen LogP contribution in [0.5, 0.6) is 0 Å². The van der Waals surface area contributed by atoms with Crippen LogP contribution in [0.2, 0.25) is 5.15 Å². The van der Waals surface area contributed by atoms with E-state index in [1.165, 1.54) is 0 Å². The number of nitrogen functional groups attached to an aromatic ring is 1. The van der Waals surface area contributed by atoms with Gasteiger partial charge in [-0.05, 0) is 12.0 Å². The van der Waals surface area contributed by atoms with Crippen molar-refractivity contribution in [2.24, 2.45) is 5.92 Å². The molecular weight excluding hydrogens is 270 g/mol. The Morgan fingerprint density at radius 3 is 3.11 bits per heavy atom. The van der Waals surface area contributed by atoms with Crippen molar-refractivity contribution >= 4 is 34.9 Å². The molecule has 0 aromatic carbocycles. The minimum atomic E-state index is -0.718. The Bertz CT molecular complexity index is 668. The Morgan fingerprint density at radius 1 is 1.58 bits per heavy atom. The zero-order valence-corrected chi connectivity index (χ0v) is 10.6. The number of halogens is 1. The number of nitrogens with two attached hydrogens (primary N) is 1. The molecular formula is C11H12ClN5O2. The van der Waals surface area contributed by atoms with E-state index < -0.39 is 6.10 Å². The van der Waals surface area contributed by atoms with Gasteiger partial charge >= 0.3 is 0 Å². The maximum Gasteiger partial charge on any atom is 0.223 e. The molecule has 1 aliphatic rings. The lowest BCUT2D eigenvalue weighted by Gasteiger charge is -2.02. The summed E-state index contributed by atoms with van der Waals surface area (Å²) in [6.45, 7) is -0.242. The van der Waals surface area contributed by atoms with Crippen molar-refractivity contribution in [3.63, 3.8) is 0 Å². The Kier molecular flexibility index (Phi) is 2.89. The number of aliphatic hydroxyl groups excluding tert-OH is 2. The zero-order valence-electron chi connectivity index (χ0n) is 9.86. The molecule has 8 heteroatoms. The maximum atomic E-state index is 9.52. The topological polar surface area (TPSA) is 110 Å². The van der Waals surface area contributed by atoms with E-state index in [9.17, 15) is 5.11 Å². The standard InChI is InChI=1S/C11H12ClN5O2/c12-9-8-10(16-11(13)15-9)17(4-14-8)2-5-1-6(5)7(19)3-18/h2,4,6-7,18-19H,1,3H2,(H2,13,15,16)/b5-2-/t6-,7-/m1/s1. The Morgan fingerprint density at radius 2 is 2.37 bits per heavy atom. The highest BCUT2D eigenvalue weighted by Gasteiger charge is 2.36. The van der Waals surface area contributed by atoms with Crippen LogP contribution in [0.15, 0.2) is 11.9 Å². The minimum absolute atomic E-state index is 0.00268. The summed E-state index contributed by atoms with van der Waals surface area (Å²) in [5, 5.41) is 18.6. The molecule has 0 aliphatic heterocycles. The van der Waals surface area contributed by atoms with Crippen molar-refractivity contribution in [1.82, 2.24) is 19.5 Å². The highest BCUT2D eigenvalue weighted by molar-refractivity contribution is 6.33. The molecule has 2 aromatic rings. The van der Waals surface area contributed by atoms with Crippen LogP contribution in [0.4, 0.5) is 5.95 Å². The van der Waals surface area contributed by atoms with Crippen LogP contribution in [0, 0.1) is 5.92 Å². The maximum absolute atomic E-state index is 9.52. The van der Waals surface area contributed by atoms with Gasteiger partial charge in [-0.3, -0.25) is 4.57 Å². The summed E-state index contributed by atoms with van der Waals surface area (Å²) in [6, 6.07) is 0. The van der Waals surface area contributed by atoms with E-state index in [4.69, 9.17) is 22.4 Å². The molecule has 100 valence electrons. The van der Waals surface area contributed by atoms with E-state index >= 15 is 0 Å². The summed E-state index contributed by atoms with van der Waals surface area (Å²) in [5.41, 5.74) is 7.58. The highest BCUT2D eigenvalue weighted by Crippen LogP contribution is 2.41. The predicted molar refractivity (Wildman–Crippen MR) is 70.2 cm³/mol. The van der Waals surface area contributed by atoms with Gasteiger partial charge in [0.1, 0.15) is 11.8 Å². The van der Waals surface area contributed by atoms with Gasteiger partial charge in [0.25, 0.3) is 0 Å². The zero-order chi connectivity index (χ0) is 13.6. The lowest BCUT2D eigenvalue weighted by atomic mass is 10.2. The molecule has 0 spiro atoms. The summed E-state index contributed by atoms with van der Waals surface area (Å²) in [4.78, 5) is 12.0. The summed E-state index contributed by atoms with van der Waals surface area (Å²) in [5.74, 6) is 0.0810. The number of hydrogen-bond donors (Lipinski definition) is 3. The quantitative estimate of drug-likeness (QED) is 0.697. The van der Waals surface area contributed by atoms with Gasteiger partial charge in [0.15, 0.2) is 10.8 Å². The third-order valence-electron chi connectivity index (χ3n) is 3.12. The van der Waals surface area contributed by atoms with Gasteiger partial charge in [-0.25, -0.2) is 4.98 Å². The van der Waals surface area contributed by atoms with Crippen LogP contribution in [0.3, 0.4) is 0 Å². The van der Waals surface area contributed by atoms with Gasteiger partial charge in [0, 0.05) is 12.1 Å². The summed E-state index contributed by atoms with van der Waals surface area (Å²) in [6.07, 6.45) is 3.42. The molecule has 7 nitrogen and oxygen atoms in total. The van der Waals surface area contributed by atoms with Crippen molar-refractivity contribution in [2.75, 3.05) is 12.3 Å². The molecule has 2 atom stereocenters. The summed E-state index contributed by atoms with van der Waals surface area (Å²) >= 11 is 5.93. The number of aromatic nitrogens is 4. The van der Waals surface area contributed by atoms with Crippen molar-refractivity contribution in [2.45, 2.75) is 12.5 Å². The second kappa shape index (κ2) is 4.44. The van der Waals surface area contributed by atoms with Gasteiger partial charge in [-0.1, -0.05) is 11.6 Å². The average molecular weight is 282 g/mol. The first-order chi connectivity index (χ1) is 9.10. The van der Waals surface area contributed by atoms with E-state index in [2.05, 4.69) is 15.0 Å². The lowest BCUT2D eigenvalue weighted by molar-refractivity contribution is 0.0815. The molecule has 1 saturated carbocycles. The van der Waals surface area contributed by atoms with Gasteiger partial charge in [-0.2, -0.15) is 9.97 Å². The first-order valence-electron chi connectivity index (χ1n) is 5.75. The first-order valence-corrected chi connectivity index (χ1v) is 6.13. The number of nitrogens with zero attached hydrogens (tertiary/aromatic N) is 4. The fraction of sp³-hybridized carbons (Fsp3) is 0.364. The molecule has 0 amide bonds. The number of aliphatic hydroxyl groups is 2. The van der Waals surface area contributed by atoms with Crippen LogP contribution < -0.4 is 5.73 Å². The largest absolute Gasteiger partial charge is 0.394 e. The van der Waals surface area contributed by atoms with Crippen molar-refractivity contribution in [3.05, 3.63) is 17.1 Å². The third kappa shape index (κ3) is 2.16. The van der Waals surface area contributed by atoms with Crippen LogP contribution >= 0.6 is 11.6 Å². The lowest BCUT2D eigenvalue weighted by Crippen LogP contribution is -2.14. The van der Waals surface area contributed by atoms with E-state index in [0.29, 0.717) is 11.2 Å². The number of imidazole rings is 1. The fourth-order valence-electron chi connectivity index (χ4n) is 2.02. The SMILES string of the molecule is Nc1nc(Cl)c2ncn(/C=C3/C[C@H]3[C@H](O)CO)c2n1. The normalized spacial score (nSPS) is 22.1. The molecule has 0 radical (unpaired) electrons. The van der Waals surface area contributed by atoms with Crippen LogP contribution in [-0.4, -0.2) is 42.4 Å².